The lowest BCUT2D eigenvalue weighted by atomic mass is 9.98. The molecule has 0 radical (unpaired) electrons. The Hall–Kier alpha value is -1.91. The number of hydrogen-bond donors (Lipinski definition) is 2. The molecule has 0 aromatic heterocycles. The summed E-state index contributed by atoms with van der Waals surface area (Å²) in [5.41, 5.74) is 5.85. The van der Waals surface area contributed by atoms with Crippen LogP contribution in [0.25, 0.3) is 0 Å². The molecule has 72 valence electrons. The molecule has 1 aliphatic heterocycles. The number of nitrogen functional groups attached to an aromatic ring is 1. The Morgan fingerprint density at radius 1 is 1.36 bits per heavy atom. The molecule has 0 aliphatic carbocycles. The van der Waals surface area contributed by atoms with E-state index in [0.29, 0.717) is 0 Å². The predicted molar refractivity (Wildman–Crippen MR) is 47.0 cm³/mol. The zero-order valence-electron chi connectivity index (χ0n) is 7.13. The van der Waals surface area contributed by atoms with E-state index in [1.807, 2.05) is 0 Å². The quantitative estimate of drug-likeness (QED) is 0.458. The second kappa shape index (κ2) is 2.80. The molecule has 1 heterocycles. The van der Waals surface area contributed by atoms with Gasteiger partial charge in [0, 0.05) is 11.3 Å². The van der Waals surface area contributed by atoms with Gasteiger partial charge in [-0.3, -0.25) is 14.9 Å². The van der Waals surface area contributed by atoms with Crippen LogP contribution in [-0.4, -0.2) is 11.8 Å². The van der Waals surface area contributed by atoms with Crippen LogP contribution in [-0.2, 0) is 11.2 Å². The van der Waals surface area contributed by atoms with Crippen LogP contribution in [0.2, 0.25) is 0 Å². The molecule has 0 atom stereocenters. The van der Waals surface area contributed by atoms with E-state index < -0.39 is 17.6 Å². The van der Waals surface area contributed by atoms with Gasteiger partial charge >= 0.3 is 0 Å². The first-order chi connectivity index (χ1) is 6.59. The number of anilines is 1. The Labute approximate surface area is 78.9 Å². The Kier molecular flexibility index (Phi) is 1.73. The molecule has 14 heavy (non-hydrogen) atoms. The fraction of sp³-hybridized carbons (Fsp3) is 0.111. The van der Waals surface area contributed by atoms with Gasteiger partial charge in [0.05, 0.1) is 12.0 Å². The molecule has 4 nitrogen and oxygen atoms in total. The predicted octanol–water partition coefficient (Wildman–Crippen LogP) is 0.220. The average molecular weight is 194 g/mol. The largest absolute Gasteiger partial charge is 0.398 e. The molecule has 3 N–H and O–H groups in total. The Balaban J connectivity index is 2.69. The summed E-state index contributed by atoms with van der Waals surface area (Å²) in [5.74, 6) is -1.71. The van der Waals surface area contributed by atoms with Crippen molar-refractivity contribution in [1.82, 2.24) is 5.32 Å². The fourth-order valence-corrected chi connectivity index (χ4v) is 1.48. The number of imide groups is 1. The highest BCUT2D eigenvalue weighted by molar-refractivity contribution is 6.12. The summed E-state index contributed by atoms with van der Waals surface area (Å²) in [4.78, 5) is 22.3. The second-order valence-electron chi connectivity index (χ2n) is 3.04. The monoisotopic (exact) mass is 194 g/mol. The number of carbonyl (C=O) groups is 2. The normalized spacial score (nSPS) is 14.9. The molecule has 1 aliphatic rings. The molecule has 2 rings (SSSR count). The first kappa shape index (κ1) is 8.68. The number of carbonyl (C=O) groups excluding carboxylic acids is 2. The first-order valence-corrected chi connectivity index (χ1v) is 4.00. The number of amides is 2. The summed E-state index contributed by atoms with van der Waals surface area (Å²) in [6.45, 7) is 0. The van der Waals surface area contributed by atoms with Crippen LogP contribution in [0.3, 0.4) is 0 Å². The highest BCUT2D eigenvalue weighted by atomic mass is 19.1. The zero-order valence-corrected chi connectivity index (χ0v) is 7.13. The Morgan fingerprint density at radius 3 is 2.79 bits per heavy atom. The number of hydrogen-bond acceptors (Lipinski definition) is 3. The van der Waals surface area contributed by atoms with Gasteiger partial charge in [0.25, 0.3) is 5.91 Å². The topological polar surface area (TPSA) is 72.2 Å². The van der Waals surface area contributed by atoms with E-state index in [2.05, 4.69) is 5.32 Å². The van der Waals surface area contributed by atoms with Crippen molar-refractivity contribution in [3.63, 3.8) is 0 Å². The molecule has 0 spiro atoms. The highest BCUT2D eigenvalue weighted by Crippen LogP contribution is 2.23. The Morgan fingerprint density at radius 2 is 2.07 bits per heavy atom. The van der Waals surface area contributed by atoms with E-state index >= 15 is 0 Å². The number of nitrogens with one attached hydrogen (secondary N) is 1. The minimum absolute atomic E-state index is 0.0737. The number of rotatable bonds is 0. The number of fused-ring (bicyclic) bond motifs is 1. The van der Waals surface area contributed by atoms with Crippen LogP contribution in [0.1, 0.15) is 15.9 Å². The number of halogens is 1. The van der Waals surface area contributed by atoms with Crippen molar-refractivity contribution >= 4 is 17.5 Å². The molecule has 1 aromatic rings. The molecule has 2 amide bonds. The van der Waals surface area contributed by atoms with Crippen LogP contribution in [0, 0.1) is 5.82 Å². The molecular formula is C9H7FN2O2. The summed E-state index contributed by atoms with van der Waals surface area (Å²) in [6, 6.07) is 2.46. The van der Waals surface area contributed by atoms with Crippen LogP contribution >= 0.6 is 0 Å². The maximum Gasteiger partial charge on any atom is 0.260 e. The van der Waals surface area contributed by atoms with E-state index in [1.54, 1.807) is 0 Å². The number of nitrogens with two attached hydrogens (primary N) is 1. The van der Waals surface area contributed by atoms with E-state index in [0.717, 1.165) is 6.07 Å². The van der Waals surface area contributed by atoms with Crippen molar-refractivity contribution in [3.8, 4) is 0 Å². The molecule has 5 heteroatoms. The van der Waals surface area contributed by atoms with Crippen LogP contribution < -0.4 is 11.1 Å². The molecular weight excluding hydrogens is 187 g/mol. The van der Waals surface area contributed by atoms with Crippen molar-refractivity contribution in [1.29, 1.82) is 0 Å². The van der Waals surface area contributed by atoms with Gasteiger partial charge in [0.1, 0.15) is 5.82 Å². The van der Waals surface area contributed by atoms with Crippen LogP contribution in [0.4, 0.5) is 10.1 Å². The van der Waals surface area contributed by atoms with E-state index in [1.165, 1.54) is 6.07 Å². The van der Waals surface area contributed by atoms with Crippen molar-refractivity contribution in [3.05, 3.63) is 29.1 Å². The lowest BCUT2D eigenvalue weighted by Gasteiger charge is -2.17. The SMILES string of the molecule is Nc1ccc(F)c2c1C(=O)NC(=O)C2. The van der Waals surface area contributed by atoms with Gasteiger partial charge in [0.15, 0.2) is 0 Å². The van der Waals surface area contributed by atoms with E-state index in [9.17, 15) is 14.0 Å². The second-order valence-corrected chi connectivity index (χ2v) is 3.04. The molecule has 1 aromatic carbocycles. The minimum atomic E-state index is -0.631. The molecule has 0 unspecified atom stereocenters. The van der Waals surface area contributed by atoms with Gasteiger partial charge in [-0.2, -0.15) is 0 Å². The summed E-state index contributed by atoms with van der Waals surface area (Å²) in [6.07, 6.45) is -0.141. The fourth-order valence-electron chi connectivity index (χ4n) is 1.48. The van der Waals surface area contributed by atoms with Gasteiger partial charge in [-0.15, -0.1) is 0 Å². The van der Waals surface area contributed by atoms with Crippen LogP contribution in [0.5, 0.6) is 0 Å². The van der Waals surface area contributed by atoms with Crippen molar-refractivity contribution in [2.24, 2.45) is 0 Å². The van der Waals surface area contributed by atoms with Gasteiger partial charge in [-0.25, -0.2) is 4.39 Å². The standard InChI is InChI=1S/C9H7FN2O2/c10-5-1-2-6(11)8-4(5)3-7(13)12-9(8)14/h1-2H,3,11H2,(H,12,13,14). The van der Waals surface area contributed by atoms with Crippen molar-refractivity contribution < 1.29 is 14.0 Å². The summed E-state index contributed by atoms with van der Waals surface area (Å²) >= 11 is 0. The summed E-state index contributed by atoms with van der Waals surface area (Å²) in [5, 5.41) is 2.08. The lowest BCUT2D eigenvalue weighted by Crippen LogP contribution is -2.38. The summed E-state index contributed by atoms with van der Waals surface area (Å²) < 4.78 is 13.2. The molecule has 0 saturated heterocycles. The van der Waals surface area contributed by atoms with Gasteiger partial charge in [-0.05, 0) is 12.1 Å². The van der Waals surface area contributed by atoms with Crippen LogP contribution in [0.15, 0.2) is 12.1 Å². The first-order valence-electron chi connectivity index (χ1n) is 4.00. The smallest absolute Gasteiger partial charge is 0.260 e. The van der Waals surface area contributed by atoms with E-state index in [4.69, 9.17) is 5.73 Å². The molecule has 0 fully saturated rings. The third-order valence-corrected chi connectivity index (χ3v) is 2.11. The van der Waals surface area contributed by atoms with Gasteiger partial charge < -0.3 is 5.73 Å². The van der Waals surface area contributed by atoms with Crippen molar-refractivity contribution in [2.75, 3.05) is 5.73 Å². The molecule has 0 saturated carbocycles. The van der Waals surface area contributed by atoms with Gasteiger partial charge in [-0.1, -0.05) is 0 Å². The third kappa shape index (κ3) is 1.14. The molecule has 0 bridgehead atoms. The number of benzene rings is 1. The Bertz CT molecular complexity index is 443. The maximum atomic E-state index is 13.2. The van der Waals surface area contributed by atoms with Crippen molar-refractivity contribution in [2.45, 2.75) is 6.42 Å². The highest BCUT2D eigenvalue weighted by Gasteiger charge is 2.26. The van der Waals surface area contributed by atoms with Gasteiger partial charge in [0.2, 0.25) is 5.91 Å². The zero-order chi connectivity index (χ0) is 10.3. The lowest BCUT2D eigenvalue weighted by molar-refractivity contribution is -0.119. The third-order valence-electron chi connectivity index (χ3n) is 2.11. The summed E-state index contributed by atoms with van der Waals surface area (Å²) in [7, 11) is 0. The maximum absolute atomic E-state index is 13.2. The minimum Gasteiger partial charge on any atom is -0.398 e. The van der Waals surface area contributed by atoms with E-state index in [-0.39, 0.29) is 23.2 Å². The average Bonchev–Trinajstić information content (AvgIpc) is 2.10.